The predicted octanol–water partition coefficient (Wildman–Crippen LogP) is 5.05. The molecule has 2 aromatic carbocycles. The molecular formula is C22H24F2O3. The summed E-state index contributed by atoms with van der Waals surface area (Å²) in [5.41, 5.74) is 2.88. The Balaban J connectivity index is 1.27. The summed E-state index contributed by atoms with van der Waals surface area (Å²) in [7, 11) is 0. The van der Waals surface area contributed by atoms with Crippen LogP contribution in [0.5, 0.6) is 0 Å². The summed E-state index contributed by atoms with van der Waals surface area (Å²) in [6, 6.07) is 12.2. The van der Waals surface area contributed by atoms with Crippen LogP contribution in [0, 0.1) is 11.6 Å². The maximum absolute atomic E-state index is 13.4. The van der Waals surface area contributed by atoms with Crippen molar-refractivity contribution in [2.75, 3.05) is 20.0 Å². The average molecular weight is 374 g/mol. The lowest BCUT2D eigenvalue weighted by Gasteiger charge is -2.28. The van der Waals surface area contributed by atoms with Crippen LogP contribution in [-0.2, 0) is 14.2 Å². The molecule has 1 aliphatic carbocycles. The van der Waals surface area contributed by atoms with Gasteiger partial charge in [-0.15, -0.1) is 0 Å². The van der Waals surface area contributed by atoms with Gasteiger partial charge in [0.1, 0.15) is 12.9 Å². The van der Waals surface area contributed by atoms with Crippen molar-refractivity contribution in [3.63, 3.8) is 0 Å². The van der Waals surface area contributed by atoms with Crippen LogP contribution in [0.3, 0.4) is 0 Å². The van der Waals surface area contributed by atoms with Crippen LogP contribution in [-0.4, -0.2) is 32.2 Å². The Kier molecular flexibility index (Phi) is 5.81. The Morgan fingerprint density at radius 1 is 0.889 bits per heavy atom. The highest BCUT2D eigenvalue weighted by Gasteiger charge is 2.24. The summed E-state index contributed by atoms with van der Waals surface area (Å²) in [4.78, 5) is 0. The van der Waals surface area contributed by atoms with Gasteiger partial charge in [0.25, 0.3) is 0 Å². The zero-order valence-corrected chi connectivity index (χ0v) is 15.2. The number of halogens is 2. The molecule has 0 radical (unpaired) electrons. The molecule has 1 saturated heterocycles. The number of benzene rings is 2. The molecule has 1 atom stereocenters. The first-order chi connectivity index (χ1) is 13.2. The van der Waals surface area contributed by atoms with Crippen LogP contribution in [0.15, 0.2) is 42.5 Å². The molecule has 4 rings (SSSR count). The number of epoxide rings is 1. The predicted molar refractivity (Wildman–Crippen MR) is 98.4 cm³/mol. The molecule has 1 unspecified atom stereocenters. The number of hydrogen-bond donors (Lipinski definition) is 0. The van der Waals surface area contributed by atoms with Crippen molar-refractivity contribution in [1.82, 2.24) is 0 Å². The van der Waals surface area contributed by atoms with Crippen molar-refractivity contribution >= 4 is 0 Å². The van der Waals surface area contributed by atoms with E-state index in [0.29, 0.717) is 24.9 Å². The first-order valence-electron chi connectivity index (χ1n) is 9.55. The maximum Gasteiger partial charge on any atom is 0.159 e. The molecule has 0 N–H and O–H groups in total. The molecule has 144 valence electrons. The monoisotopic (exact) mass is 374 g/mol. The highest BCUT2D eigenvalue weighted by molar-refractivity contribution is 5.63. The molecule has 5 heteroatoms. The van der Waals surface area contributed by atoms with Crippen LogP contribution < -0.4 is 0 Å². The van der Waals surface area contributed by atoms with E-state index in [-0.39, 0.29) is 12.2 Å². The van der Waals surface area contributed by atoms with E-state index in [1.807, 2.05) is 12.1 Å². The molecule has 3 nitrogen and oxygen atoms in total. The summed E-state index contributed by atoms with van der Waals surface area (Å²) in [6.07, 6.45) is 4.76. The van der Waals surface area contributed by atoms with E-state index >= 15 is 0 Å². The van der Waals surface area contributed by atoms with Gasteiger partial charge in [-0.2, -0.15) is 0 Å². The normalized spacial score (nSPS) is 24.7. The minimum atomic E-state index is -0.819. The molecule has 2 aromatic rings. The summed E-state index contributed by atoms with van der Waals surface area (Å²) >= 11 is 0. The Bertz CT molecular complexity index is 751. The number of rotatable bonds is 7. The van der Waals surface area contributed by atoms with Crippen LogP contribution in [0.25, 0.3) is 11.1 Å². The van der Waals surface area contributed by atoms with E-state index in [2.05, 4.69) is 12.1 Å². The first-order valence-corrected chi connectivity index (χ1v) is 9.55. The lowest BCUT2D eigenvalue weighted by atomic mass is 9.82. The van der Waals surface area contributed by atoms with E-state index < -0.39 is 11.6 Å². The Morgan fingerprint density at radius 2 is 1.59 bits per heavy atom. The van der Waals surface area contributed by atoms with E-state index in [1.165, 1.54) is 17.7 Å². The summed E-state index contributed by atoms with van der Waals surface area (Å²) < 4.78 is 42.9. The molecule has 27 heavy (non-hydrogen) atoms. The van der Waals surface area contributed by atoms with Crippen molar-refractivity contribution in [2.24, 2.45) is 0 Å². The highest BCUT2D eigenvalue weighted by Crippen LogP contribution is 2.35. The second-order valence-corrected chi connectivity index (χ2v) is 7.34. The maximum atomic E-state index is 13.4. The third kappa shape index (κ3) is 4.92. The third-order valence-electron chi connectivity index (χ3n) is 5.40. The zero-order chi connectivity index (χ0) is 18.6. The van der Waals surface area contributed by atoms with Crippen molar-refractivity contribution in [1.29, 1.82) is 0 Å². The zero-order valence-electron chi connectivity index (χ0n) is 15.2. The SMILES string of the molecule is Fc1ccc(-c2ccc(C3CCC(OCOCC4CO4)CC3)cc2)cc1F. The van der Waals surface area contributed by atoms with Gasteiger partial charge in [0.2, 0.25) is 0 Å². The van der Waals surface area contributed by atoms with Gasteiger partial charge < -0.3 is 14.2 Å². The number of ether oxygens (including phenoxy) is 3. The lowest BCUT2D eigenvalue weighted by molar-refractivity contribution is -0.102. The Labute approximate surface area is 158 Å². The fourth-order valence-corrected chi connectivity index (χ4v) is 3.67. The molecule has 0 aromatic heterocycles. The largest absolute Gasteiger partial charge is 0.371 e. The van der Waals surface area contributed by atoms with E-state index in [1.54, 1.807) is 6.07 Å². The molecule has 0 bridgehead atoms. The lowest BCUT2D eigenvalue weighted by Crippen LogP contribution is -2.22. The Hall–Kier alpha value is -1.82. The van der Waals surface area contributed by atoms with Gasteiger partial charge in [-0.3, -0.25) is 0 Å². The van der Waals surface area contributed by atoms with Crippen molar-refractivity contribution < 1.29 is 23.0 Å². The number of hydrogen-bond acceptors (Lipinski definition) is 3. The fraction of sp³-hybridized carbons (Fsp3) is 0.455. The van der Waals surface area contributed by atoms with Crippen LogP contribution in [0.1, 0.15) is 37.2 Å². The summed E-state index contributed by atoms with van der Waals surface area (Å²) in [5.74, 6) is -1.12. The molecule has 1 saturated carbocycles. The standard InChI is InChI=1S/C22H24F2O3/c23-21-10-7-18(11-22(21)24)17-3-1-15(2-4-17)16-5-8-19(9-6-16)27-14-25-12-20-13-26-20/h1-4,7,10-11,16,19-20H,5-6,8-9,12-14H2. The highest BCUT2D eigenvalue weighted by atomic mass is 19.2. The minimum absolute atomic E-state index is 0.267. The van der Waals surface area contributed by atoms with Gasteiger partial charge in [0.05, 0.1) is 19.3 Å². The Morgan fingerprint density at radius 3 is 2.26 bits per heavy atom. The molecule has 1 aliphatic heterocycles. The van der Waals surface area contributed by atoms with Gasteiger partial charge in [-0.25, -0.2) is 8.78 Å². The van der Waals surface area contributed by atoms with E-state index in [9.17, 15) is 8.78 Å². The molecule has 0 spiro atoms. The molecule has 0 amide bonds. The average Bonchev–Trinajstić information content (AvgIpc) is 3.53. The van der Waals surface area contributed by atoms with Crippen molar-refractivity contribution in [3.05, 3.63) is 59.7 Å². The topological polar surface area (TPSA) is 31.0 Å². The molecule has 2 fully saturated rings. The fourth-order valence-electron chi connectivity index (χ4n) is 3.67. The van der Waals surface area contributed by atoms with Crippen molar-refractivity contribution in [3.8, 4) is 11.1 Å². The third-order valence-corrected chi connectivity index (χ3v) is 5.40. The van der Waals surface area contributed by atoms with Crippen molar-refractivity contribution in [2.45, 2.75) is 43.8 Å². The van der Waals surface area contributed by atoms with E-state index in [0.717, 1.165) is 37.9 Å². The summed E-state index contributed by atoms with van der Waals surface area (Å²) in [5, 5.41) is 0. The summed E-state index contributed by atoms with van der Waals surface area (Å²) in [6.45, 7) is 1.78. The van der Waals surface area contributed by atoms with Gasteiger partial charge in [0.15, 0.2) is 11.6 Å². The minimum Gasteiger partial charge on any atom is -0.371 e. The van der Waals surface area contributed by atoms with Gasteiger partial charge in [-0.1, -0.05) is 30.3 Å². The first kappa shape index (κ1) is 18.5. The quantitative estimate of drug-likeness (QED) is 0.386. The van der Waals surface area contributed by atoms with Gasteiger partial charge >= 0.3 is 0 Å². The van der Waals surface area contributed by atoms with Crippen LogP contribution in [0.2, 0.25) is 0 Å². The molecule has 2 aliphatic rings. The second-order valence-electron chi connectivity index (χ2n) is 7.34. The van der Waals surface area contributed by atoms with E-state index in [4.69, 9.17) is 14.2 Å². The smallest absolute Gasteiger partial charge is 0.159 e. The van der Waals surface area contributed by atoms with Gasteiger partial charge in [0, 0.05) is 0 Å². The molecular weight excluding hydrogens is 350 g/mol. The van der Waals surface area contributed by atoms with Gasteiger partial charge in [-0.05, 0) is 60.4 Å². The van der Waals surface area contributed by atoms with Crippen LogP contribution >= 0.6 is 0 Å². The van der Waals surface area contributed by atoms with Crippen LogP contribution in [0.4, 0.5) is 8.78 Å². The molecule has 1 heterocycles. The second kappa shape index (κ2) is 8.46.